The minimum atomic E-state index is -0.660. The van der Waals surface area contributed by atoms with E-state index in [2.05, 4.69) is 20.8 Å². The van der Waals surface area contributed by atoms with E-state index >= 15 is 0 Å². The molecule has 2 aromatic carbocycles. The summed E-state index contributed by atoms with van der Waals surface area (Å²) < 4.78 is 10.1. The molecule has 0 aliphatic carbocycles. The molecule has 0 bridgehead atoms. The summed E-state index contributed by atoms with van der Waals surface area (Å²) in [5.74, 6) is -1.04. The second-order valence-corrected chi connectivity index (χ2v) is 6.37. The van der Waals surface area contributed by atoms with Gasteiger partial charge in [-0.2, -0.15) is 4.98 Å². The van der Waals surface area contributed by atoms with Crippen molar-refractivity contribution >= 4 is 23.2 Å². The molecular weight excluding hydrogens is 440 g/mol. The van der Waals surface area contributed by atoms with E-state index in [-0.39, 0.29) is 42.8 Å². The highest BCUT2D eigenvalue weighted by Gasteiger charge is 2.16. The maximum Gasteiger partial charge on any atom is 0.316 e. The average Bonchev–Trinajstić information content (AvgIpc) is 3.31. The molecule has 0 aliphatic heterocycles. The molecule has 0 aliphatic rings. The van der Waals surface area contributed by atoms with Crippen LogP contribution in [0.5, 0.6) is 5.75 Å². The molecule has 0 atom stereocenters. The number of non-ortho nitro benzene ring substituents is 2. The van der Waals surface area contributed by atoms with Crippen LogP contribution in [0, 0.1) is 20.2 Å². The summed E-state index contributed by atoms with van der Waals surface area (Å²) in [6, 6.07) is 10.7. The molecule has 0 radical (unpaired) electrons. The minimum Gasteiger partial charge on any atom is -0.484 e. The number of nitrogens with zero attached hydrogens (tertiary/aromatic N) is 4. The largest absolute Gasteiger partial charge is 0.484 e. The topological polar surface area (TPSA) is 193 Å². The van der Waals surface area contributed by atoms with Crippen molar-refractivity contribution in [3.05, 3.63) is 74.7 Å². The van der Waals surface area contributed by atoms with Crippen molar-refractivity contribution in [1.82, 2.24) is 20.8 Å². The standard InChI is InChI=1S/C19H16N6O8/c26-16(11-32-15-7-5-14(6-8-15)25(30)31)20-9-10-21-18(27)19-22-17(23-33-19)12-1-3-13(4-2-12)24(28)29/h1-8H,9-11H2,(H,20,26)(H,21,27). The fourth-order valence-electron chi connectivity index (χ4n) is 2.48. The molecular formula is C19H16N6O8. The zero-order chi connectivity index (χ0) is 23.8. The van der Waals surface area contributed by atoms with Crippen molar-refractivity contribution in [2.75, 3.05) is 19.7 Å². The molecule has 1 aromatic heterocycles. The maximum atomic E-state index is 12.1. The molecule has 1 heterocycles. The third-order valence-electron chi connectivity index (χ3n) is 4.11. The second-order valence-electron chi connectivity index (χ2n) is 6.37. The van der Waals surface area contributed by atoms with Crippen molar-refractivity contribution in [2.45, 2.75) is 0 Å². The number of nitrogens with one attached hydrogen (secondary N) is 2. The number of nitro benzene ring substituents is 2. The predicted octanol–water partition coefficient (Wildman–Crippen LogP) is 1.48. The molecule has 3 rings (SSSR count). The Kier molecular flexibility index (Phi) is 7.20. The van der Waals surface area contributed by atoms with E-state index in [9.17, 15) is 29.8 Å². The van der Waals surface area contributed by atoms with Crippen molar-refractivity contribution in [1.29, 1.82) is 0 Å². The Morgan fingerprint density at radius 3 is 2.09 bits per heavy atom. The first-order valence-corrected chi connectivity index (χ1v) is 9.34. The Balaban J connectivity index is 1.39. The van der Waals surface area contributed by atoms with E-state index in [0.29, 0.717) is 11.3 Å². The van der Waals surface area contributed by atoms with Gasteiger partial charge in [-0.05, 0) is 24.3 Å². The van der Waals surface area contributed by atoms with Crippen LogP contribution in [0.1, 0.15) is 10.7 Å². The Bertz CT molecular complexity index is 1160. The van der Waals surface area contributed by atoms with Gasteiger partial charge < -0.3 is 19.9 Å². The molecule has 14 nitrogen and oxygen atoms in total. The minimum absolute atomic E-state index is 0.0668. The molecule has 14 heteroatoms. The van der Waals surface area contributed by atoms with Crippen LogP contribution in [0.15, 0.2) is 53.1 Å². The molecule has 2 N–H and O–H groups in total. The molecule has 0 fully saturated rings. The van der Waals surface area contributed by atoms with Gasteiger partial charge in [-0.25, -0.2) is 0 Å². The predicted molar refractivity (Wildman–Crippen MR) is 110 cm³/mol. The third kappa shape index (κ3) is 6.30. The zero-order valence-electron chi connectivity index (χ0n) is 16.8. The third-order valence-corrected chi connectivity index (χ3v) is 4.11. The molecule has 0 unspecified atom stereocenters. The Morgan fingerprint density at radius 1 is 0.909 bits per heavy atom. The molecule has 3 aromatic rings. The number of carbonyl (C=O) groups is 2. The van der Waals surface area contributed by atoms with E-state index in [4.69, 9.17) is 9.26 Å². The summed E-state index contributed by atoms with van der Waals surface area (Å²) in [4.78, 5) is 48.0. The van der Waals surface area contributed by atoms with Crippen molar-refractivity contribution in [2.24, 2.45) is 0 Å². The molecule has 0 saturated heterocycles. The van der Waals surface area contributed by atoms with Crippen LogP contribution in [0.2, 0.25) is 0 Å². The van der Waals surface area contributed by atoms with Crippen LogP contribution >= 0.6 is 0 Å². The zero-order valence-corrected chi connectivity index (χ0v) is 16.8. The smallest absolute Gasteiger partial charge is 0.316 e. The lowest BCUT2D eigenvalue weighted by molar-refractivity contribution is -0.385. The summed E-state index contributed by atoms with van der Waals surface area (Å²) in [5, 5.41) is 30.0. The summed E-state index contributed by atoms with van der Waals surface area (Å²) in [6.07, 6.45) is 0. The molecule has 0 spiro atoms. The van der Waals surface area contributed by atoms with Crippen LogP contribution in [0.25, 0.3) is 11.4 Å². The Morgan fingerprint density at radius 2 is 1.48 bits per heavy atom. The van der Waals surface area contributed by atoms with Crippen LogP contribution in [0.4, 0.5) is 11.4 Å². The van der Waals surface area contributed by atoms with Crippen molar-refractivity contribution in [3.63, 3.8) is 0 Å². The van der Waals surface area contributed by atoms with Crippen LogP contribution in [-0.4, -0.2) is 51.5 Å². The molecule has 33 heavy (non-hydrogen) atoms. The van der Waals surface area contributed by atoms with Gasteiger partial charge in [0.2, 0.25) is 5.82 Å². The highest BCUT2D eigenvalue weighted by atomic mass is 16.6. The number of amides is 2. The SMILES string of the molecule is O=C(COc1ccc([N+](=O)[O-])cc1)NCCNC(=O)c1nc(-c2ccc([N+](=O)[O-])cc2)no1. The Labute approximate surface area is 184 Å². The van der Waals surface area contributed by atoms with Crippen molar-refractivity contribution < 1.29 is 28.7 Å². The lowest BCUT2D eigenvalue weighted by Gasteiger charge is -2.07. The lowest BCUT2D eigenvalue weighted by Crippen LogP contribution is -2.36. The molecule has 0 saturated carbocycles. The quantitative estimate of drug-likeness (QED) is 0.256. The maximum absolute atomic E-state index is 12.1. The Hall–Kier alpha value is -4.88. The van der Waals surface area contributed by atoms with Crippen LogP contribution in [0.3, 0.4) is 0 Å². The van der Waals surface area contributed by atoms with E-state index < -0.39 is 21.7 Å². The average molecular weight is 456 g/mol. The number of nitro groups is 2. The van der Waals surface area contributed by atoms with Crippen molar-refractivity contribution in [3.8, 4) is 17.1 Å². The van der Waals surface area contributed by atoms with Gasteiger partial charge in [0.1, 0.15) is 5.75 Å². The number of ether oxygens (including phenoxy) is 1. The number of hydrogen-bond acceptors (Lipinski definition) is 10. The van der Waals surface area contributed by atoms with E-state index in [1.165, 1.54) is 48.5 Å². The van der Waals surface area contributed by atoms with Gasteiger partial charge in [0.05, 0.1) is 9.85 Å². The normalized spacial score (nSPS) is 10.3. The number of aromatic nitrogens is 2. The van der Waals surface area contributed by atoms with Gasteiger partial charge in [0, 0.05) is 42.9 Å². The molecule has 170 valence electrons. The fraction of sp³-hybridized carbons (Fsp3) is 0.158. The highest BCUT2D eigenvalue weighted by Crippen LogP contribution is 2.20. The number of carbonyl (C=O) groups excluding carboxylic acids is 2. The summed E-state index contributed by atoms with van der Waals surface area (Å²) >= 11 is 0. The number of benzene rings is 2. The van der Waals surface area contributed by atoms with Gasteiger partial charge in [0.15, 0.2) is 6.61 Å². The highest BCUT2D eigenvalue weighted by molar-refractivity contribution is 5.89. The van der Waals surface area contributed by atoms with E-state index in [1.807, 2.05) is 0 Å². The first-order valence-electron chi connectivity index (χ1n) is 9.34. The first-order chi connectivity index (χ1) is 15.8. The van der Waals surface area contributed by atoms with Gasteiger partial charge in [0.25, 0.3) is 17.3 Å². The van der Waals surface area contributed by atoms with E-state index in [0.717, 1.165) is 0 Å². The summed E-state index contributed by atoms with van der Waals surface area (Å²) in [5.41, 5.74) is 0.243. The first kappa shape index (κ1) is 22.8. The monoisotopic (exact) mass is 456 g/mol. The van der Waals surface area contributed by atoms with Crippen LogP contribution < -0.4 is 15.4 Å². The van der Waals surface area contributed by atoms with Gasteiger partial charge in [-0.15, -0.1) is 0 Å². The summed E-state index contributed by atoms with van der Waals surface area (Å²) in [6.45, 7) is -0.150. The number of rotatable bonds is 10. The van der Waals surface area contributed by atoms with E-state index in [1.54, 1.807) is 0 Å². The fourth-order valence-corrected chi connectivity index (χ4v) is 2.48. The second kappa shape index (κ2) is 10.4. The van der Waals surface area contributed by atoms with Gasteiger partial charge in [-0.3, -0.25) is 29.8 Å². The molecule has 2 amide bonds. The van der Waals surface area contributed by atoms with Gasteiger partial charge >= 0.3 is 11.8 Å². The van der Waals surface area contributed by atoms with Crippen LogP contribution in [-0.2, 0) is 4.79 Å². The van der Waals surface area contributed by atoms with Gasteiger partial charge in [-0.1, -0.05) is 5.16 Å². The lowest BCUT2D eigenvalue weighted by atomic mass is 10.2. The number of hydrogen-bond donors (Lipinski definition) is 2. The summed E-state index contributed by atoms with van der Waals surface area (Å²) in [7, 11) is 0.